The quantitative estimate of drug-likeness (QED) is 0.0449. The molecule has 9 amide bonds. The van der Waals surface area contributed by atoms with E-state index in [-0.39, 0.29) is 103 Å². The number of carboxylic acids is 1. The monoisotopic (exact) mass is 2030 g/mol. The van der Waals surface area contributed by atoms with Gasteiger partial charge in [0.15, 0.2) is 0 Å². The number of pyridine rings is 4. The number of anilines is 8. The SMILES string of the molecule is C[C@@H]1CC[C@@H](c2cc(Cl)cc(C(F)(F)F)c2)NC1.Cc1cc(NC(=O)C(=O)N2C[C@H](C)CC[C@H]2c2cc(Cl)cc(C(F)(F)F)c2)cnc1N.Cc1cc(NC(=O)C(=O)N2C[C@H](C)CC[C@H]2c2cc(Cl)cc(C(F)(F)F)c2)cnc1N.Cc1cc(NC(=O)C(=O)N2C[C@H](C)CC[C@H]2c2cc(Cl)cc(C(F)(F)F)c2)cnc1NC(=O)OC(C)(C)C.Cc1cc(NC(=O)C(=O)O)cnc1NC(=O)OC(C)(C)C. The van der Waals surface area contributed by atoms with Gasteiger partial charge in [0.2, 0.25) is 0 Å². The molecule has 4 aliphatic heterocycles. The van der Waals surface area contributed by atoms with E-state index in [1.165, 1.54) is 75.9 Å². The molecule has 29 nitrogen and oxygen atoms in total. The highest BCUT2D eigenvalue weighted by Crippen LogP contribution is 2.44. The van der Waals surface area contributed by atoms with Crippen LogP contribution in [0.2, 0.25) is 20.1 Å². The number of nitrogens with one attached hydrogen (secondary N) is 7. The molecular weight excluding hydrogens is 1930 g/mol. The second-order valence-corrected chi connectivity index (χ2v) is 37.9. The molecule has 4 aromatic carbocycles. The molecule has 139 heavy (non-hydrogen) atoms. The van der Waals surface area contributed by atoms with E-state index < -0.39 is 136 Å². The number of aliphatic carboxylic acids is 1. The van der Waals surface area contributed by atoms with E-state index in [0.29, 0.717) is 95.3 Å². The van der Waals surface area contributed by atoms with Gasteiger partial charge in [-0.1, -0.05) is 74.1 Å². The van der Waals surface area contributed by atoms with E-state index in [0.717, 1.165) is 61.9 Å². The van der Waals surface area contributed by atoms with Crippen LogP contribution in [0.15, 0.2) is 122 Å². The van der Waals surface area contributed by atoms with E-state index in [2.05, 4.69) is 64.1 Å². The molecule has 4 aromatic heterocycles. The normalized spacial score (nSPS) is 18.4. The first kappa shape index (κ1) is 112. The van der Waals surface area contributed by atoms with Crippen LogP contribution in [0, 0.1) is 51.4 Å². The van der Waals surface area contributed by atoms with Gasteiger partial charge in [-0.25, -0.2) is 34.3 Å². The van der Waals surface area contributed by atoms with Crippen LogP contribution in [-0.4, -0.2) is 137 Å². The zero-order valence-corrected chi connectivity index (χ0v) is 80.9. The highest BCUT2D eigenvalue weighted by atomic mass is 35.5. The summed E-state index contributed by atoms with van der Waals surface area (Å²) in [5.74, 6) is -6.19. The van der Waals surface area contributed by atoms with Crippen LogP contribution in [0.4, 0.5) is 108 Å². The van der Waals surface area contributed by atoms with Crippen LogP contribution in [0.5, 0.6) is 0 Å². The van der Waals surface area contributed by atoms with Gasteiger partial charge in [0.05, 0.1) is 87.9 Å². The lowest BCUT2D eigenvalue weighted by Gasteiger charge is -2.38. The molecule has 0 bridgehead atoms. The number of hydrogen-bond acceptors (Lipinski definition) is 19. The summed E-state index contributed by atoms with van der Waals surface area (Å²) in [6, 6.07) is 17.4. The first-order valence-corrected chi connectivity index (χ1v) is 44.9. The van der Waals surface area contributed by atoms with Gasteiger partial charge in [-0.3, -0.25) is 44.2 Å². The standard InChI is InChI=1S/C26H30ClF3N4O4.2C21H22ClF3N4O2.C13H15ClF3N.C13H17N3O5/c1-14-6-7-20(16-9-17(26(28,29)30)11-18(27)10-16)34(13-14)23(36)22(35)32-19-8-15(2)21(31-12-19)33-24(37)38-25(3,4)5;2*1-11-3-4-17(13-6-14(21(23,24)25)8-15(22)7-13)29(10-11)20(31)19(30)28-16-5-12(2)18(26)27-9-16;1-8-2-3-12(18-7-8)9-4-10(13(15,16)17)6-11(14)5-9;1-7-5-8(15-10(17)11(18)19)6-14-9(7)16-12(20)21-13(2,3)4/h8-12,14,20H,6-7,13H2,1-5H3,(H,32,35)(H,31,33,37);2*5-9,11,17H,3-4,10H2,1-2H3,(H2,26,27)(H,28,30);4-6,8,12,18H,2-3,7H2,1H3;5-6H,1-4H3,(H,15,17)(H,18,19)(H,14,16,20)/t14-,20+;2*11-,17+;8-,12+;/m1111./s1. The highest BCUT2D eigenvalue weighted by Gasteiger charge is 2.43. The Balaban J connectivity index is 0.000000218. The van der Waals surface area contributed by atoms with Crippen LogP contribution in [0.25, 0.3) is 0 Å². The summed E-state index contributed by atoms with van der Waals surface area (Å²) < 4.78 is 168. The van der Waals surface area contributed by atoms with E-state index in [9.17, 15) is 101 Å². The van der Waals surface area contributed by atoms with E-state index in [1.54, 1.807) is 87.4 Å². The molecule has 0 aliphatic carbocycles. The molecule has 4 fully saturated rings. The first-order valence-electron chi connectivity index (χ1n) is 43.4. The number of halogens is 16. The third-order valence-corrected chi connectivity index (χ3v) is 22.8. The number of nitrogens with zero attached hydrogens (tertiary/aromatic N) is 7. The summed E-state index contributed by atoms with van der Waals surface area (Å²) in [5, 5.41) is 26.2. The number of rotatable bonds is 10. The van der Waals surface area contributed by atoms with Crippen molar-refractivity contribution < 1.29 is 115 Å². The molecule has 12 rings (SSSR count). The van der Waals surface area contributed by atoms with Crippen molar-refractivity contribution in [3.8, 4) is 0 Å². The summed E-state index contributed by atoms with van der Waals surface area (Å²) in [6.45, 7) is 26.4. The molecule has 4 aliphatic rings. The van der Waals surface area contributed by atoms with Crippen molar-refractivity contribution in [1.82, 2.24) is 40.0 Å². The number of hydrogen-bond donors (Lipinski definition) is 10. The van der Waals surface area contributed by atoms with Crippen molar-refractivity contribution in [3.63, 3.8) is 0 Å². The number of nitrogens with two attached hydrogens (primary N) is 2. The minimum absolute atomic E-state index is 0.0269. The lowest BCUT2D eigenvalue weighted by atomic mass is 9.89. The molecular formula is C94H106Cl4F12N16O13. The lowest BCUT2D eigenvalue weighted by Crippen LogP contribution is -2.46. The number of carboxylic acid groups (broad SMARTS) is 1. The Kier molecular flexibility index (Phi) is 37.9. The van der Waals surface area contributed by atoms with Gasteiger partial charge in [-0.05, 0) is 292 Å². The average Bonchev–Trinajstić information content (AvgIpc) is 0.795. The molecule has 8 atom stereocenters. The minimum atomic E-state index is -4.61. The molecule has 0 spiro atoms. The maximum absolute atomic E-state index is 13.4. The molecule has 12 N–H and O–H groups in total. The van der Waals surface area contributed by atoms with Crippen molar-refractivity contribution in [2.75, 3.05) is 69.5 Å². The third-order valence-electron chi connectivity index (χ3n) is 21.9. The van der Waals surface area contributed by atoms with Crippen molar-refractivity contribution in [2.45, 2.75) is 208 Å². The van der Waals surface area contributed by atoms with E-state index in [4.69, 9.17) is 72.5 Å². The van der Waals surface area contributed by atoms with Gasteiger partial charge in [0.25, 0.3) is 0 Å². The van der Waals surface area contributed by atoms with Gasteiger partial charge in [0, 0.05) is 45.8 Å². The minimum Gasteiger partial charge on any atom is -0.474 e. The number of likely N-dealkylation sites (tertiary alicyclic amines) is 3. The topological polar surface area (TPSA) is 407 Å². The predicted octanol–water partition coefficient (Wildman–Crippen LogP) is 21.7. The fraction of sp³-hybridized carbons (Fsp3) is 0.426. The number of amides is 9. The van der Waals surface area contributed by atoms with Gasteiger partial charge >= 0.3 is 84.2 Å². The van der Waals surface area contributed by atoms with Crippen LogP contribution in [0.1, 0.15) is 212 Å². The second kappa shape index (κ2) is 47.1. The fourth-order valence-corrected chi connectivity index (χ4v) is 16.1. The number of aryl methyl sites for hydroxylation is 4. The highest BCUT2D eigenvalue weighted by molar-refractivity contribution is 6.41. The number of piperidine rings is 4. The van der Waals surface area contributed by atoms with Crippen molar-refractivity contribution in [2.24, 2.45) is 23.7 Å². The summed E-state index contributed by atoms with van der Waals surface area (Å²) in [7, 11) is 0. The zero-order chi connectivity index (χ0) is 104. The van der Waals surface area contributed by atoms with Crippen LogP contribution >= 0.6 is 46.4 Å². The summed E-state index contributed by atoms with van der Waals surface area (Å²) in [6.07, 6.45) is -9.14. The lowest BCUT2D eigenvalue weighted by molar-refractivity contribution is -0.147. The molecule has 8 heterocycles. The van der Waals surface area contributed by atoms with E-state index >= 15 is 0 Å². The van der Waals surface area contributed by atoms with Gasteiger partial charge < -0.3 is 67.3 Å². The summed E-state index contributed by atoms with van der Waals surface area (Å²) >= 11 is 23.6. The Labute approximate surface area is 813 Å². The Morgan fingerprint density at radius 1 is 0.367 bits per heavy atom. The molecule has 4 saturated heterocycles. The molecule has 0 radical (unpaired) electrons. The molecule has 45 heteroatoms. The molecule has 752 valence electrons. The smallest absolute Gasteiger partial charge is 0.416 e. The molecule has 0 unspecified atom stereocenters. The zero-order valence-electron chi connectivity index (χ0n) is 77.8. The van der Waals surface area contributed by atoms with Crippen LogP contribution in [0.3, 0.4) is 0 Å². The van der Waals surface area contributed by atoms with Crippen molar-refractivity contribution >= 4 is 152 Å². The Morgan fingerprint density at radius 2 is 0.633 bits per heavy atom. The number of aromatic nitrogens is 4. The van der Waals surface area contributed by atoms with Crippen LogP contribution in [-0.2, 0) is 72.5 Å². The van der Waals surface area contributed by atoms with Crippen molar-refractivity contribution in [1.29, 1.82) is 0 Å². The summed E-state index contributed by atoms with van der Waals surface area (Å²) in [4.78, 5) is 142. The Bertz CT molecular complexity index is 5680. The maximum Gasteiger partial charge on any atom is 0.416 e. The number of nitrogen functional groups attached to an aromatic ring is 2. The largest absolute Gasteiger partial charge is 0.474 e. The maximum atomic E-state index is 13.4. The average molecular weight is 2040 g/mol. The molecule has 0 saturated carbocycles. The Morgan fingerprint density at radius 3 is 0.892 bits per heavy atom. The van der Waals surface area contributed by atoms with Gasteiger partial charge in [-0.15, -0.1) is 0 Å². The van der Waals surface area contributed by atoms with Gasteiger partial charge in [-0.2, -0.15) is 52.7 Å². The Hall–Kier alpha value is -12.3. The molecule has 8 aromatic rings. The second-order valence-electron chi connectivity index (χ2n) is 36.2. The number of ether oxygens (including phenoxy) is 2. The first-order chi connectivity index (χ1) is 64.4. The summed E-state index contributed by atoms with van der Waals surface area (Å²) in [5.41, 5.74) is 11.3. The number of carbonyl (C=O) groups excluding carboxylic acids is 9. The van der Waals surface area contributed by atoms with Crippen LogP contribution < -0.4 is 48.7 Å². The van der Waals surface area contributed by atoms with Gasteiger partial charge in [0.1, 0.15) is 34.5 Å². The van der Waals surface area contributed by atoms with Crippen molar-refractivity contribution in [3.05, 3.63) is 209 Å². The van der Waals surface area contributed by atoms with E-state index in [1.807, 2.05) is 20.8 Å². The number of carbonyl (C=O) groups is 10. The third kappa shape index (κ3) is 33.7. The fourth-order valence-electron chi connectivity index (χ4n) is 15.1. The number of alkyl halides is 12. The number of benzene rings is 4. The predicted molar refractivity (Wildman–Crippen MR) is 500 cm³/mol.